The van der Waals surface area contributed by atoms with Gasteiger partial charge in [0.1, 0.15) is 0 Å². The van der Waals surface area contributed by atoms with Gasteiger partial charge in [-0.05, 0) is 30.2 Å². The molecule has 0 bridgehead atoms. The Kier molecular flexibility index (Phi) is 4.87. The van der Waals surface area contributed by atoms with Crippen molar-refractivity contribution in [3.05, 3.63) is 45.9 Å². The number of nitrogens with one attached hydrogen (secondary N) is 1. The summed E-state index contributed by atoms with van der Waals surface area (Å²) in [6.45, 7) is 2.57. The molecule has 3 N–H and O–H groups in total. The number of nitrogens with zero attached hydrogens (tertiary/aromatic N) is 1. The third kappa shape index (κ3) is 3.63. The minimum atomic E-state index is -3.49. The Balaban J connectivity index is 2.06. The van der Waals surface area contributed by atoms with Crippen molar-refractivity contribution in [2.75, 3.05) is 6.54 Å². The molecule has 0 amide bonds. The molecule has 0 spiro atoms. The van der Waals surface area contributed by atoms with Gasteiger partial charge in [-0.2, -0.15) is 0 Å². The van der Waals surface area contributed by atoms with Crippen molar-refractivity contribution in [2.45, 2.75) is 24.8 Å². The van der Waals surface area contributed by atoms with E-state index in [0.717, 1.165) is 16.8 Å². The van der Waals surface area contributed by atoms with Crippen molar-refractivity contribution in [2.24, 2.45) is 5.73 Å². The number of nitrogens with two attached hydrogens (primary N) is 1. The quantitative estimate of drug-likeness (QED) is 0.845. The van der Waals surface area contributed by atoms with Gasteiger partial charge in [0.25, 0.3) is 0 Å². The van der Waals surface area contributed by atoms with Crippen LogP contribution in [0.25, 0.3) is 0 Å². The molecule has 1 aromatic heterocycles. The van der Waals surface area contributed by atoms with Crippen molar-refractivity contribution in [1.29, 1.82) is 0 Å². The SMILES string of the molecule is Cc1ccc(S(=O)(=O)NCCc2cscn2)cc1CN. The normalized spacial score (nSPS) is 11.7. The Labute approximate surface area is 122 Å². The summed E-state index contributed by atoms with van der Waals surface area (Å²) < 4.78 is 26.9. The molecule has 2 rings (SSSR count). The van der Waals surface area contributed by atoms with Crippen LogP contribution >= 0.6 is 11.3 Å². The second kappa shape index (κ2) is 6.45. The molecule has 0 fully saturated rings. The van der Waals surface area contributed by atoms with Crippen molar-refractivity contribution in [3.8, 4) is 0 Å². The van der Waals surface area contributed by atoms with Crippen molar-refractivity contribution in [3.63, 3.8) is 0 Å². The number of benzene rings is 1. The first-order valence-electron chi connectivity index (χ1n) is 6.19. The zero-order chi connectivity index (χ0) is 14.6. The van der Waals surface area contributed by atoms with Gasteiger partial charge in [0.2, 0.25) is 10.0 Å². The first-order valence-corrected chi connectivity index (χ1v) is 8.62. The van der Waals surface area contributed by atoms with Gasteiger partial charge in [-0.25, -0.2) is 18.1 Å². The number of aryl methyl sites for hydroxylation is 1. The molecular formula is C13H17N3O2S2. The van der Waals surface area contributed by atoms with E-state index in [0.29, 0.717) is 19.5 Å². The van der Waals surface area contributed by atoms with Crippen LogP contribution in [0.1, 0.15) is 16.8 Å². The molecule has 0 unspecified atom stereocenters. The molecule has 0 aliphatic heterocycles. The van der Waals surface area contributed by atoms with E-state index >= 15 is 0 Å². The number of aromatic nitrogens is 1. The van der Waals surface area contributed by atoms with E-state index in [1.54, 1.807) is 23.7 Å². The van der Waals surface area contributed by atoms with Crippen LogP contribution < -0.4 is 10.5 Å². The fourth-order valence-corrected chi connectivity index (χ4v) is 3.47. The van der Waals surface area contributed by atoms with Gasteiger partial charge in [0.15, 0.2) is 0 Å². The Bertz CT molecular complexity index is 667. The lowest BCUT2D eigenvalue weighted by Crippen LogP contribution is -2.26. The molecule has 0 aliphatic carbocycles. The van der Waals surface area contributed by atoms with Crippen LogP contribution in [0.5, 0.6) is 0 Å². The average molecular weight is 311 g/mol. The maximum absolute atomic E-state index is 12.2. The predicted molar refractivity (Wildman–Crippen MR) is 80.1 cm³/mol. The van der Waals surface area contributed by atoms with Crippen LogP contribution in [-0.4, -0.2) is 19.9 Å². The number of sulfonamides is 1. The Hall–Kier alpha value is -1.28. The van der Waals surface area contributed by atoms with E-state index in [2.05, 4.69) is 9.71 Å². The smallest absolute Gasteiger partial charge is 0.240 e. The van der Waals surface area contributed by atoms with Gasteiger partial charge in [-0.1, -0.05) is 6.07 Å². The molecule has 0 saturated carbocycles. The highest BCUT2D eigenvalue weighted by Gasteiger charge is 2.14. The lowest BCUT2D eigenvalue weighted by atomic mass is 10.1. The summed E-state index contributed by atoms with van der Waals surface area (Å²) in [7, 11) is -3.49. The van der Waals surface area contributed by atoms with Gasteiger partial charge in [-0.15, -0.1) is 11.3 Å². The summed E-state index contributed by atoms with van der Waals surface area (Å²) in [5.41, 5.74) is 10.1. The summed E-state index contributed by atoms with van der Waals surface area (Å²) in [6.07, 6.45) is 0.582. The number of hydrogen-bond donors (Lipinski definition) is 2. The van der Waals surface area contributed by atoms with Gasteiger partial charge >= 0.3 is 0 Å². The molecular weight excluding hydrogens is 294 g/mol. The molecule has 7 heteroatoms. The highest BCUT2D eigenvalue weighted by molar-refractivity contribution is 7.89. The summed E-state index contributed by atoms with van der Waals surface area (Å²) in [5.74, 6) is 0. The van der Waals surface area contributed by atoms with Gasteiger partial charge < -0.3 is 5.73 Å². The van der Waals surface area contributed by atoms with Crippen molar-refractivity contribution < 1.29 is 8.42 Å². The van der Waals surface area contributed by atoms with E-state index < -0.39 is 10.0 Å². The summed E-state index contributed by atoms with van der Waals surface area (Å²) >= 11 is 1.50. The summed E-state index contributed by atoms with van der Waals surface area (Å²) in [6, 6.07) is 5.00. The largest absolute Gasteiger partial charge is 0.326 e. The fourth-order valence-electron chi connectivity index (χ4n) is 1.79. The lowest BCUT2D eigenvalue weighted by molar-refractivity contribution is 0.581. The third-order valence-corrected chi connectivity index (χ3v) is 5.10. The predicted octanol–water partition coefficient (Wildman–Crippen LogP) is 1.43. The number of thiazole rings is 1. The zero-order valence-corrected chi connectivity index (χ0v) is 12.8. The summed E-state index contributed by atoms with van der Waals surface area (Å²) in [4.78, 5) is 4.37. The van der Waals surface area contributed by atoms with E-state index in [1.807, 2.05) is 12.3 Å². The van der Waals surface area contributed by atoms with Crippen molar-refractivity contribution in [1.82, 2.24) is 9.71 Å². The molecule has 0 radical (unpaired) electrons. The van der Waals surface area contributed by atoms with Gasteiger partial charge in [0.05, 0.1) is 16.1 Å². The van der Waals surface area contributed by atoms with Crippen LogP contribution in [0, 0.1) is 6.92 Å². The van der Waals surface area contributed by atoms with Crippen molar-refractivity contribution >= 4 is 21.4 Å². The van der Waals surface area contributed by atoms with Crippen LogP contribution in [0.4, 0.5) is 0 Å². The van der Waals surface area contributed by atoms with E-state index in [4.69, 9.17) is 5.73 Å². The second-order valence-electron chi connectivity index (χ2n) is 4.42. The molecule has 1 heterocycles. The number of rotatable bonds is 6. The minimum absolute atomic E-state index is 0.252. The van der Waals surface area contributed by atoms with E-state index in [1.165, 1.54) is 11.3 Å². The molecule has 0 saturated heterocycles. The molecule has 0 aliphatic rings. The number of hydrogen-bond acceptors (Lipinski definition) is 5. The zero-order valence-electron chi connectivity index (χ0n) is 11.2. The molecule has 0 atom stereocenters. The topological polar surface area (TPSA) is 85.1 Å². The Morgan fingerprint density at radius 2 is 2.20 bits per heavy atom. The first-order chi connectivity index (χ1) is 9.53. The first kappa shape index (κ1) is 15.1. The molecule has 1 aromatic carbocycles. The summed E-state index contributed by atoms with van der Waals surface area (Å²) in [5, 5.41) is 1.91. The minimum Gasteiger partial charge on any atom is -0.326 e. The van der Waals surface area contributed by atoms with Crippen LogP contribution in [-0.2, 0) is 23.0 Å². The second-order valence-corrected chi connectivity index (χ2v) is 6.91. The molecule has 20 heavy (non-hydrogen) atoms. The Morgan fingerprint density at radius 3 is 2.85 bits per heavy atom. The third-order valence-electron chi connectivity index (χ3n) is 3.01. The van der Waals surface area contributed by atoms with Gasteiger partial charge in [-0.3, -0.25) is 0 Å². The van der Waals surface area contributed by atoms with Crippen LogP contribution in [0.2, 0.25) is 0 Å². The average Bonchev–Trinajstić information content (AvgIpc) is 2.92. The van der Waals surface area contributed by atoms with Crippen LogP contribution in [0.15, 0.2) is 34.0 Å². The molecule has 5 nitrogen and oxygen atoms in total. The van der Waals surface area contributed by atoms with E-state index in [9.17, 15) is 8.42 Å². The maximum atomic E-state index is 12.2. The van der Waals surface area contributed by atoms with Gasteiger partial charge in [0, 0.05) is 24.9 Å². The molecule has 108 valence electrons. The van der Waals surface area contributed by atoms with Crippen LogP contribution in [0.3, 0.4) is 0 Å². The maximum Gasteiger partial charge on any atom is 0.240 e. The fraction of sp³-hybridized carbons (Fsp3) is 0.308. The standard InChI is InChI=1S/C13H17N3O2S2/c1-10-2-3-13(6-11(10)7-14)20(17,18)16-5-4-12-8-19-9-15-12/h2-3,6,8-9,16H,4-5,7,14H2,1H3. The Morgan fingerprint density at radius 1 is 1.40 bits per heavy atom. The highest BCUT2D eigenvalue weighted by Crippen LogP contribution is 2.15. The molecule has 2 aromatic rings. The monoisotopic (exact) mass is 311 g/mol. The lowest BCUT2D eigenvalue weighted by Gasteiger charge is -2.09. The van der Waals surface area contributed by atoms with E-state index in [-0.39, 0.29) is 4.90 Å². The highest BCUT2D eigenvalue weighted by atomic mass is 32.2.